The molecule has 118 valence electrons. The summed E-state index contributed by atoms with van der Waals surface area (Å²) in [5.74, 6) is 0.715. The maximum Gasteiger partial charge on any atom is 0.266 e. The van der Waals surface area contributed by atoms with Crippen LogP contribution in [0.5, 0.6) is 0 Å². The topological polar surface area (TPSA) is 55.1 Å². The van der Waals surface area contributed by atoms with Crippen LogP contribution in [0.1, 0.15) is 12.0 Å². The van der Waals surface area contributed by atoms with Crippen LogP contribution in [-0.4, -0.2) is 27.0 Å². The van der Waals surface area contributed by atoms with E-state index < -0.39 is 0 Å². The summed E-state index contributed by atoms with van der Waals surface area (Å²) in [5.41, 5.74) is 2.59. The first-order chi connectivity index (χ1) is 11.2. The van der Waals surface area contributed by atoms with E-state index in [0.29, 0.717) is 28.2 Å². The van der Waals surface area contributed by atoms with E-state index in [9.17, 15) is 4.79 Å². The minimum atomic E-state index is -0.0639. The minimum absolute atomic E-state index is 0.0639. The third-order valence-electron chi connectivity index (χ3n) is 3.57. The van der Waals surface area contributed by atoms with Crippen molar-refractivity contribution in [3.05, 3.63) is 64.4 Å². The van der Waals surface area contributed by atoms with Crippen molar-refractivity contribution >= 4 is 22.7 Å². The zero-order valence-corrected chi connectivity index (χ0v) is 13.7. The Labute approximate surface area is 138 Å². The lowest BCUT2D eigenvalue weighted by Gasteiger charge is -2.13. The van der Waals surface area contributed by atoms with Crippen molar-refractivity contribution in [1.82, 2.24) is 9.55 Å². The standard InChI is InChI=1S/C18H18N2O2S/c1-13-7-9-14(10-8-13)20-17(22)15-5-2-3-6-16(15)19-18(20)23-12-4-11-21/h2-3,5-10,21H,4,11-12H2,1H3. The van der Waals surface area contributed by atoms with Gasteiger partial charge in [0.25, 0.3) is 5.56 Å². The first-order valence-corrected chi connectivity index (χ1v) is 8.52. The van der Waals surface area contributed by atoms with E-state index in [-0.39, 0.29) is 12.2 Å². The zero-order valence-electron chi connectivity index (χ0n) is 12.9. The molecule has 0 amide bonds. The lowest BCUT2D eigenvalue weighted by atomic mass is 10.2. The Hall–Kier alpha value is -2.11. The molecular formula is C18H18N2O2S. The highest BCUT2D eigenvalue weighted by Gasteiger charge is 2.12. The van der Waals surface area contributed by atoms with Gasteiger partial charge in [-0.05, 0) is 37.6 Å². The third kappa shape index (κ3) is 3.30. The van der Waals surface area contributed by atoms with Crippen molar-refractivity contribution in [1.29, 1.82) is 0 Å². The molecule has 0 saturated carbocycles. The third-order valence-corrected chi connectivity index (χ3v) is 4.60. The first-order valence-electron chi connectivity index (χ1n) is 7.53. The fraction of sp³-hybridized carbons (Fsp3) is 0.222. The highest BCUT2D eigenvalue weighted by Crippen LogP contribution is 2.22. The van der Waals surface area contributed by atoms with Gasteiger partial charge in [-0.25, -0.2) is 4.98 Å². The normalized spacial score (nSPS) is 11.0. The van der Waals surface area contributed by atoms with Crippen molar-refractivity contribution in [3.63, 3.8) is 0 Å². The van der Waals surface area contributed by atoms with Crippen LogP contribution in [0.4, 0.5) is 0 Å². The molecule has 1 heterocycles. The SMILES string of the molecule is Cc1ccc(-n2c(SCCCO)nc3ccccc3c2=O)cc1. The summed E-state index contributed by atoms with van der Waals surface area (Å²) in [4.78, 5) is 17.6. The summed E-state index contributed by atoms with van der Waals surface area (Å²) in [5, 5.41) is 10.3. The number of para-hydroxylation sites is 1. The van der Waals surface area contributed by atoms with Crippen LogP contribution in [0.15, 0.2) is 58.5 Å². The number of rotatable bonds is 5. The van der Waals surface area contributed by atoms with Gasteiger partial charge < -0.3 is 5.11 Å². The predicted octanol–water partition coefficient (Wildman–Crippen LogP) is 3.17. The number of aromatic nitrogens is 2. The molecule has 0 fully saturated rings. The highest BCUT2D eigenvalue weighted by molar-refractivity contribution is 7.99. The zero-order chi connectivity index (χ0) is 16.2. The van der Waals surface area contributed by atoms with Gasteiger partial charge >= 0.3 is 0 Å². The molecule has 3 aromatic rings. The van der Waals surface area contributed by atoms with Crippen LogP contribution in [0.2, 0.25) is 0 Å². The van der Waals surface area contributed by atoms with Crippen molar-refractivity contribution in [3.8, 4) is 5.69 Å². The Morgan fingerprint density at radius 3 is 2.61 bits per heavy atom. The maximum atomic E-state index is 12.9. The van der Waals surface area contributed by atoms with E-state index in [1.807, 2.05) is 49.4 Å². The second kappa shape index (κ2) is 6.98. The van der Waals surface area contributed by atoms with Crippen LogP contribution in [-0.2, 0) is 0 Å². The largest absolute Gasteiger partial charge is 0.396 e. The number of thioether (sulfide) groups is 1. The molecule has 4 nitrogen and oxygen atoms in total. The Bertz CT molecular complexity index is 872. The van der Waals surface area contributed by atoms with Gasteiger partial charge in [-0.1, -0.05) is 41.6 Å². The van der Waals surface area contributed by atoms with Gasteiger partial charge in [0.05, 0.1) is 16.6 Å². The summed E-state index contributed by atoms with van der Waals surface area (Å²) in [6.07, 6.45) is 0.668. The van der Waals surface area contributed by atoms with Gasteiger partial charge in [-0.3, -0.25) is 9.36 Å². The van der Waals surface area contributed by atoms with Crippen LogP contribution >= 0.6 is 11.8 Å². The fourth-order valence-corrected chi connectivity index (χ4v) is 3.30. The molecular weight excluding hydrogens is 308 g/mol. The number of hydrogen-bond acceptors (Lipinski definition) is 4. The Balaban J connectivity index is 2.19. The molecule has 0 bridgehead atoms. The molecule has 0 spiro atoms. The minimum Gasteiger partial charge on any atom is -0.396 e. The Morgan fingerprint density at radius 1 is 1.13 bits per heavy atom. The molecule has 0 atom stereocenters. The average Bonchev–Trinajstić information content (AvgIpc) is 2.57. The average molecular weight is 326 g/mol. The van der Waals surface area contributed by atoms with Gasteiger partial charge in [0, 0.05) is 12.4 Å². The second-order valence-electron chi connectivity index (χ2n) is 5.31. The molecule has 3 rings (SSSR count). The number of benzene rings is 2. The number of aryl methyl sites for hydroxylation is 1. The first kappa shape index (κ1) is 15.8. The van der Waals surface area contributed by atoms with Gasteiger partial charge in [-0.15, -0.1) is 0 Å². The van der Waals surface area contributed by atoms with E-state index in [0.717, 1.165) is 11.3 Å². The highest BCUT2D eigenvalue weighted by atomic mass is 32.2. The summed E-state index contributed by atoms with van der Waals surface area (Å²) < 4.78 is 1.66. The van der Waals surface area contributed by atoms with E-state index in [1.54, 1.807) is 10.6 Å². The van der Waals surface area contributed by atoms with E-state index >= 15 is 0 Å². The molecule has 2 aromatic carbocycles. The fourth-order valence-electron chi connectivity index (χ4n) is 2.36. The maximum absolute atomic E-state index is 12.9. The lowest BCUT2D eigenvalue weighted by Crippen LogP contribution is -2.21. The number of fused-ring (bicyclic) bond motifs is 1. The van der Waals surface area contributed by atoms with Crippen LogP contribution in [0.25, 0.3) is 16.6 Å². The summed E-state index contributed by atoms with van der Waals surface area (Å²) in [6.45, 7) is 2.15. The van der Waals surface area contributed by atoms with Crippen LogP contribution < -0.4 is 5.56 Å². The van der Waals surface area contributed by atoms with Crippen molar-refractivity contribution in [2.24, 2.45) is 0 Å². The van der Waals surface area contributed by atoms with Gasteiger partial charge in [0.1, 0.15) is 0 Å². The molecule has 0 aliphatic rings. The molecule has 0 radical (unpaired) electrons. The van der Waals surface area contributed by atoms with Crippen molar-refractivity contribution in [2.75, 3.05) is 12.4 Å². The molecule has 5 heteroatoms. The molecule has 23 heavy (non-hydrogen) atoms. The van der Waals surface area contributed by atoms with E-state index in [4.69, 9.17) is 5.11 Å². The van der Waals surface area contributed by atoms with Gasteiger partial charge in [0.15, 0.2) is 5.16 Å². The van der Waals surface area contributed by atoms with Gasteiger partial charge in [0.2, 0.25) is 0 Å². The van der Waals surface area contributed by atoms with Crippen LogP contribution in [0.3, 0.4) is 0 Å². The Kier molecular flexibility index (Phi) is 4.79. The molecule has 1 N–H and O–H groups in total. The molecule has 0 unspecified atom stereocenters. The number of aliphatic hydroxyl groups excluding tert-OH is 1. The summed E-state index contributed by atoms with van der Waals surface area (Å²) in [6, 6.07) is 15.2. The quantitative estimate of drug-likeness (QED) is 0.444. The lowest BCUT2D eigenvalue weighted by molar-refractivity contribution is 0.296. The number of aliphatic hydroxyl groups is 1. The summed E-state index contributed by atoms with van der Waals surface area (Å²) in [7, 11) is 0. The molecule has 0 aliphatic carbocycles. The van der Waals surface area contributed by atoms with Gasteiger partial charge in [-0.2, -0.15) is 0 Å². The second-order valence-corrected chi connectivity index (χ2v) is 6.38. The van der Waals surface area contributed by atoms with Crippen LogP contribution in [0, 0.1) is 6.92 Å². The van der Waals surface area contributed by atoms with Crippen molar-refractivity contribution < 1.29 is 5.11 Å². The van der Waals surface area contributed by atoms with E-state index in [2.05, 4.69) is 4.98 Å². The summed E-state index contributed by atoms with van der Waals surface area (Å²) >= 11 is 1.49. The Morgan fingerprint density at radius 2 is 1.87 bits per heavy atom. The molecule has 0 saturated heterocycles. The predicted molar refractivity (Wildman–Crippen MR) is 94.5 cm³/mol. The van der Waals surface area contributed by atoms with Crippen molar-refractivity contribution in [2.45, 2.75) is 18.5 Å². The number of hydrogen-bond donors (Lipinski definition) is 1. The molecule has 0 aliphatic heterocycles. The smallest absolute Gasteiger partial charge is 0.266 e. The van der Waals surface area contributed by atoms with E-state index in [1.165, 1.54) is 11.8 Å². The monoisotopic (exact) mass is 326 g/mol. The molecule has 1 aromatic heterocycles. The number of nitrogens with zero attached hydrogens (tertiary/aromatic N) is 2.